The van der Waals surface area contributed by atoms with Crippen molar-refractivity contribution in [1.82, 2.24) is 15.0 Å². The van der Waals surface area contributed by atoms with Gasteiger partial charge in [-0.3, -0.25) is 14.7 Å². The second kappa shape index (κ2) is 4.86. The molecule has 3 aromatic rings. The van der Waals surface area contributed by atoms with Crippen molar-refractivity contribution in [1.29, 1.82) is 0 Å². The molecule has 0 radical (unpaired) electrons. The maximum absolute atomic E-state index is 12.2. The second-order valence-corrected chi connectivity index (χ2v) is 5.63. The van der Waals surface area contributed by atoms with Crippen molar-refractivity contribution < 1.29 is 8.42 Å². The third-order valence-corrected chi connectivity index (χ3v) is 3.93. The largest absolute Gasteiger partial charge is 0.279 e. The molecule has 3 heterocycles. The molecule has 0 aliphatic heterocycles. The molecule has 1 N–H and O–H groups in total. The van der Waals surface area contributed by atoms with Gasteiger partial charge >= 0.3 is 0 Å². The van der Waals surface area contributed by atoms with Crippen molar-refractivity contribution in [2.45, 2.75) is 5.03 Å². The number of pyridine rings is 3. The van der Waals surface area contributed by atoms with Crippen molar-refractivity contribution in [2.24, 2.45) is 0 Å². The smallest absolute Gasteiger partial charge is 0.276 e. The predicted molar refractivity (Wildman–Crippen MR) is 74.6 cm³/mol. The van der Waals surface area contributed by atoms with E-state index < -0.39 is 10.0 Å². The first-order valence-corrected chi connectivity index (χ1v) is 7.29. The van der Waals surface area contributed by atoms with Crippen LogP contribution in [-0.4, -0.2) is 23.4 Å². The molecular formula is C13H10N4O2S. The van der Waals surface area contributed by atoms with E-state index in [9.17, 15) is 8.42 Å². The van der Waals surface area contributed by atoms with Crippen LogP contribution in [-0.2, 0) is 10.0 Å². The highest BCUT2D eigenvalue weighted by molar-refractivity contribution is 7.92. The quantitative estimate of drug-likeness (QED) is 0.794. The van der Waals surface area contributed by atoms with Gasteiger partial charge in [-0.25, -0.2) is 4.98 Å². The Labute approximate surface area is 115 Å². The van der Waals surface area contributed by atoms with Gasteiger partial charge in [-0.05, 0) is 30.3 Å². The Kier molecular flexibility index (Phi) is 3.03. The van der Waals surface area contributed by atoms with Crippen LogP contribution in [0.5, 0.6) is 0 Å². The van der Waals surface area contributed by atoms with Gasteiger partial charge in [-0.15, -0.1) is 0 Å². The fourth-order valence-corrected chi connectivity index (χ4v) is 2.78. The third kappa shape index (κ3) is 2.30. The minimum atomic E-state index is -3.73. The van der Waals surface area contributed by atoms with Crippen LogP contribution in [0.15, 0.2) is 60.0 Å². The van der Waals surface area contributed by atoms with Gasteiger partial charge in [-0.2, -0.15) is 8.42 Å². The van der Waals surface area contributed by atoms with E-state index >= 15 is 0 Å². The summed E-state index contributed by atoms with van der Waals surface area (Å²) in [7, 11) is -3.73. The number of sulfonamides is 1. The molecule has 0 bridgehead atoms. The third-order valence-electron chi connectivity index (χ3n) is 2.65. The van der Waals surface area contributed by atoms with Crippen LogP contribution in [0.1, 0.15) is 0 Å². The lowest BCUT2D eigenvalue weighted by Crippen LogP contribution is -2.14. The van der Waals surface area contributed by atoms with Crippen LogP contribution in [0.3, 0.4) is 0 Å². The number of fused-ring (bicyclic) bond motifs is 1. The Hall–Kier alpha value is -2.54. The zero-order valence-electron chi connectivity index (χ0n) is 10.3. The first kappa shape index (κ1) is 12.5. The SMILES string of the molecule is O=S(=O)(Nc1ccnc2cccnc12)c1ccccn1. The van der Waals surface area contributed by atoms with E-state index in [1.807, 2.05) is 0 Å². The summed E-state index contributed by atoms with van der Waals surface area (Å²) in [5.41, 5.74) is 1.49. The zero-order valence-corrected chi connectivity index (χ0v) is 11.1. The van der Waals surface area contributed by atoms with Crippen molar-refractivity contribution in [3.05, 3.63) is 55.0 Å². The molecule has 0 saturated heterocycles. The van der Waals surface area contributed by atoms with Crippen molar-refractivity contribution in [2.75, 3.05) is 4.72 Å². The fourth-order valence-electron chi connectivity index (χ4n) is 1.77. The van der Waals surface area contributed by atoms with Gasteiger partial charge in [0.25, 0.3) is 10.0 Å². The van der Waals surface area contributed by atoms with E-state index in [2.05, 4.69) is 19.7 Å². The molecule has 0 amide bonds. The molecule has 6 nitrogen and oxygen atoms in total. The molecule has 0 saturated carbocycles. The van der Waals surface area contributed by atoms with E-state index in [-0.39, 0.29) is 5.03 Å². The fraction of sp³-hybridized carbons (Fsp3) is 0. The molecule has 7 heteroatoms. The summed E-state index contributed by atoms with van der Waals surface area (Å²) in [6.45, 7) is 0. The van der Waals surface area contributed by atoms with Crippen LogP contribution in [0, 0.1) is 0 Å². The first-order chi connectivity index (χ1) is 9.67. The lowest BCUT2D eigenvalue weighted by Gasteiger charge is -2.08. The Morgan fingerprint density at radius 1 is 0.850 bits per heavy atom. The standard InChI is InChI=1S/C13H10N4O2S/c18-20(19,12-5-1-2-7-15-12)17-11-6-9-14-10-4-3-8-16-13(10)11/h1-9H,(H,14,17). The van der Waals surface area contributed by atoms with Gasteiger partial charge in [0.1, 0.15) is 5.52 Å². The zero-order chi connectivity index (χ0) is 14.0. The Morgan fingerprint density at radius 3 is 2.50 bits per heavy atom. The summed E-state index contributed by atoms with van der Waals surface area (Å²) in [4.78, 5) is 12.1. The Balaban J connectivity index is 2.06. The Morgan fingerprint density at radius 2 is 1.70 bits per heavy atom. The minimum Gasteiger partial charge on any atom is -0.276 e. The summed E-state index contributed by atoms with van der Waals surface area (Å²) in [6, 6.07) is 9.77. The van der Waals surface area contributed by atoms with Crippen LogP contribution in [0.4, 0.5) is 5.69 Å². The molecule has 20 heavy (non-hydrogen) atoms. The van der Waals surface area contributed by atoms with Crippen LogP contribution in [0.25, 0.3) is 11.0 Å². The first-order valence-electron chi connectivity index (χ1n) is 5.80. The maximum Gasteiger partial charge on any atom is 0.279 e. The van der Waals surface area contributed by atoms with E-state index in [1.165, 1.54) is 18.5 Å². The summed E-state index contributed by atoms with van der Waals surface area (Å²) in [5, 5.41) is -0.0408. The number of rotatable bonds is 3. The highest BCUT2D eigenvalue weighted by atomic mass is 32.2. The Bertz CT molecular complexity index is 845. The molecule has 0 aromatic carbocycles. The maximum atomic E-state index is 12.2. The van der Waals surface area contributed by atoms with Crippen LogP contribution >= 0.6 is 0 Å². The number of nitrogens with one attached hydrogen (secondary N) is 1. The molecule has 3 aromatic heterocycles. The van der Waals surface area contributed by atoms with Crippen molar-refractivity contribution >= 4 is 26.7 Å². The van der Waals surface area contributed by atoms with Crippen LogP contribution < -0.4 is 4.72 Å². The number of hydrogen-bond donors (Lipinski definition) is 1. The summed E-state index contributed by atoms with van der Waals surface area (Å²) < 4.78 is 26.9. The van der Waals surface area contributed by atoms with Crippen molar-refractivity contribution in [3.8, 4) is 0 Å². The van der Waals surface area contributed by atoms with Gasteiger partial charge < -0.3 is 0 Å². The monoisotopic (exact) mass is 286 g/mol. The highest BCUT2D eigenvalue weighted by Crippen LogP contribution is 2.21. The minimum absolute atomic E-state index is 0.0408. The molecule has 0 unspecified atom stereocenters. The van der Waals surface area contributed by atoms with Crippen molar-refractivity contribution in [3.63, 3.8) is 0 Å². The van der Waals surface area contributed by atoms with Gasteiger partial charge in [0, 0.05) is 18.6 Å². The molecule has 3 rings (SSSR count). The second-order valence-electron chi connectivity index (χ2n) is 4.00. The van der Waals surface area contributed by atoms with Gasteiger partial charge in [-0.1, -0.05) is 6.07 Å². The van der Waals surface area contributed by atoms with E-state index in [4.69, 9.17) is 0 Å². The van der Waals surface area contributed by atoms with Crippen LogP contribution in [0.2, 0.25) is 0 Å². The molecule has 0 atom stereocenters. The number of hydrogen-bond acceptors (Lipinski definition) is 5. The average Bonchev–Trinajstić information content (AvgIpc) is 2.48. The topological polar surface area (TPSA) is 84.8 Å². The van der Waals surface area contributed by atoms with E-state index in [1.54, 1.807) is 36.5 Å². The number of nitrogens with zero attached hydrogens (tertiary/aromatic N) is 3. The molecule has 0 fully saturated rings. The van der Waals surface area contributed by atoms with E-state index in [0.717, 1.165) is 0 Å². The lowest BCUT2D eigenvalue weighted by molar-refractivity contribution is 0.597. The van der Waals surface area contributed by atoms with Gasteiger partial charge in [0.2, 0.25) is 0 Å². The molecule has 0 spiro atoms. The number of anilines is 1. The highest BCUT2D eigenvalue weighted by Gasteiger charge is 2.16. The van der Waals surface area contributed by atoms with Gasteiger partial charge in [0.15, 0.2) is 5.03 Å². The summed E-state index contributed by atoms with van der Waals surface area (Å²) in [5.74, 6) is 0. The normalized spacial score (nSPS) is 11.4. The summed E-state index contributed by atoms with van der Waals surface area (Å²) >= 11 is 0. The molecular weight excluding hydrogens is 276 g/mol. The predicted octanol–water partition coefficient (Wildman–Crippen LogP) is 1.83. The number of aromatic nitrogens is 3. The average molecular weight is 286 g/mol. The van der Waals surface area contributed by atoms with Gasteiger partial charge in [0.05, 0.1) is 11.2 Å². The van der Waals surface area contributed by atoms with E-state index in [0.29, 0.717) is 16.7 Å². The lowest BCUT2D eigenvalue weighted by atomic mass is 10.3. The molecule has 100 valence electrons. The summed E-state index contributed by atoms with van der Waals surface area (Å²) in [6.07, 6.45) is 4.54. The molecule has 0 aliphatic rings. The molecule has 0 aliphatic carbocycles.